The Morgan fingerprint density at radius 2 is 2.47 bits per heavy atom. The highest BCUT2D eigenvalue weighted by Crippen LogP contribution is 2.31. The van der Waals surface area contributed by atoms with Gasteiger partial charge in [-0.15, -0.1) is 11.3 Å². The van der Waals surface area contributed by atoms with Gasteiger partial charge in [-0.1, -0.05) is 0 Å². The van der Waals surface area contributed by atoms with Crippen LogP contribution in [0.4, 0.5) is 0 Å². The van der Waals surface area contributed by atoms with Gasteiger partial charge in [0.2, 0.25) is 5.91 Å². The zero-order chi connectivity index (χ0) is 10.8. The summed E-state index contributed by atoms with van der Waals surface area (Å²) in [7, 11) is 0. The van der Waals surface area contributed by atoms with E-state index in [0.29, 0.717) is 0 Å². The second-order valence-electron chi connectivity index (χ2n) is 3.82. The number of carbonyl (C=O) groups is 1. The fraction of sp³-hybridized carbons (Fsp3) is 0.500. The third-order valence-electron chi connectivity index (χ3n) is 2.50. The van der Waals surface area contributed by atoms with E-state index >= 15 is 0 Å². The van der Waals surface area contributed by atoms with E-state index < -0.39 is 0 Å². The summed E-state index contributed by atoms with van der Waals surface area (Å²) < 4.78 is 0.958. The number of hydrogen-bond donors (Lipinski definition) is 2. The lowest BCUT2D eigenvalue weighted by molar-refractivity contribution is -0.120. The normalized spacial score (nSPS) is 17.7. The Morgan fingerprint density at radius 3 is 2.93 bits per heavy atom. The second-order valence-corrected chi connectivity index (χ2v) is 5.62. The summed E-state index contributed by atoms with van der Waals surface area (Å²) in [5, 5.41) is 5.18. The van der Waals surface area contributed by atoms with E-state index in [2.05, 4.69) is 21.2 Å². The van der Waals surface area contributed by atoms with Crippen LogP contribution < -0.4 is 11.1 Å². The highest BCUT2D eigenvalue weighted by Gasteiger charge is 2.26. The van der Waals surface area contributed by atoms with E-state index in [1.54, 1.807) is 11.3 Å². The summed E-state index contributed by atoms with van der Waals surface area (Å²) in [6.07, 6.45) is 2.54. The number of amides is 1. The van der Waals surface area contributed by atoms with Crippen LogP contribution in [0.2, 0.25) is 0 Å². The van der Waals surface area contributed by atoms with Crippen molar-refractivity contribution in [3.8, 4) is 0 Å². The molecule has 1 atom stereocenters. The van der Waals surface area contributed by atoms with E-state index in [1.165, 1.54) is 12.8 Å². The maximum absolute atomic E-state index is 11.3. The summed E-state index contributed by atoms with van der Waals surface area (Å²) in [6.45, 7) is 0.887. The molecule has 0 aliphatic heterocycles. The van der Waals surface area contributed by atoms with Crippen LogP contribution in [0, 0.1) is 5.92 Å². The van der Waals surface area contributed by atoms with Crippen molar-refractivity contribution in [3.05, 3.63) is 20.8 Å². The van der Waals surface area contributed by atoms with Crippen molar-refractivity contribution in [2.45, 2.75) is 18.9 Å². The molecule has 15 heavy (non-hydrogen) atoms. The van der Waals surface area contributed by atoms with Gasteiger partial charge in [0, 0.05) is 9.35 Å². The van der Waals surface area contributed by atoms with Gasteiger partial charge in [0.05, 0.1) is 0 Å². The predicted octanol–water partition coefficient (Wildman–Crippen LogP) is 2.04. The van der Waals surface area contributed by atoms with Crippen molar-refractivity contribution in [1.29, 1.82) is 0 Å². The number of nitrogens with two attached hydrogens (primary N) is 1. The second kappa shape index (κ2) is 4.63. The first-order chi connectivity index (χ1) is 7.18. The first-order valence-electron chi connectivity index (χ1n) is 4.94. The quantitative estimate of drug-likeness (QED) is 0.871. The largest absolute Gasteiger partial charge is 0.368 e. The third-order valence-corrected chi connectivity index (χ3v) is 4.43. The summed E-state index contributed by atoms with van der Waals surface area (Å²) >= 11 is 4.97. The SMILES string of the molecule is NC(=O)C(NCC1CC1)c1sccc1Br. The molecule has 1 saturated carbocycles. The fourth-order valence-electron chi connectivity index (χ4n) is 1.44. The molecule has 1 aromatic heterocycles. The van der Waals surface area contributed by atoms with Crippen molar-refractivity contribution >= 4 is 33.2 Å². The molecule has 5 heteroatoms. The number of nitrogens with one attached hydrogen (secondary N) is 1. The van der Waals surface area contributed by atoms with Gasteiger partial charge >= 0.3 is 0 Å². The Bertz CT molecular complexity index is 362. The van der Waals surface area contributed by atoms with Gasteiger partial charge in [0.15, 0.2) is 0 Å². The molecule has 82 valence electrons. The number of carbonyl (C=O) groups excluding carboxylic acids is 1. The number of primary amides is 1. The molecular formula is C10H13BrN2OS. The highest BCUT2D eigenvalue weighted by molar-refractivity contribution is 9.10. The van der Waals surface area contributed by atoms with Crippen molar-refractivity contribution in [3.63, 3.8) is 0 Å². The van der Waals surface area contributed by atoms with Gasteiger partial charge in [-0.25, -0.2) is 0 Å². The van der Waals surface area contributed by atoms with Gasteiger partial charge in [-0.05, 0) is 52.7 Å². The zero-order valence-electron chi connectivity index (χ0n) is 8.20. The monoisotopic (exact) mass is 288 g/mol. The first kappa shape index (κ1) is 11.1. The lowest BCUT2D eigenvalue weighted by Crippen LogP contribution is -2.34. The van der Waals surface area contributed by atoms with Crippen LogP contribution in [0.15, 0.2) is 15.9 Å². The molecule has 1 fully saturated rings. The van der Waals surface area contributed by atoms with Crippen LogP contribution in [0.25, 0.3) is 0 Å². The molecule has 1 unspecified atom stereocenters. The minimum atomic E-state index is -0.347. The molecule has 3 N–H and O–H groups in total. The Hall–Kier alpha value is -0.390. The Morgan fingerprint density at radius 1 is 1.73 bits per heavy atom. The average molecular weight is 289 g/mol. The van der Waals surface area contributed by atoms with E-state index in [1.807, 2.05) is 11.4 Å². The van der Waals surface area contributed by atoms with Gasteiger partial charge in [0.1, 0.15) is 6.04 Å². The summed E-state index contributed by atoms with van der Waals surface area (Å²) in [5.74, 6) is 0.435. The first-order valence-corrected chi connectivity index (χ1v) is 6.61. The highest BCUT2D eigenvalue weighted by atomic mass is 79.9. The van der Waals surface area contributed by atoms with Crippen LogP contribution >= 0.6 is 27.3 Å². The molecule has 0 saturated heterocycles. The molecule has 0 radical (unpaired) electrons. The van der Waals surface area contributed by atoms with Crippen molar-refractivity contribution in [1.82, 2.24) is 5.32 Å². The standard InChI is InChI=1S/C10H13BrN2OS/c11-7-3-4-15-9(7)8(10(12)14)13-5-6-1-2-6/h3-4,6,8,13H,1-2,5H2,(H2,12,14). The topological polar surface area (TPSA) is 55.1 Å². The van der Waals surface area contributed by atoms with E-state index in [4.69, 9.17) is 5.73 Å². The molecule has 3 nitrogen and oxygen atoms in total. The smallest absolute Gasteiger partial charge is 0.240 e. The zero-order valence-corrected chi connectivity index (χ0v) is 10.6. The molecule has 0 aromatic carbocycles. The molecule has 1 aliphatic rings. The summed E-state index contributed by atoms with van der Waals surface area (Å²) in [6, 6.07) is 1.59. The van der Waals surface area contributed by atoms with Crippen molar-refractivity contribution in [2.24, 2.45) is 11.7 Å². The Kier molecular flexibility index (Phi) is 3.43. The van der Waals surface area contributed by atoms with Crippen LogP contribution in [-0.2, 0) is 4.79 Å². The van der Waals surface area contributed by atoms with Crippen LogP contribution in [0.5, 0.6) is 0 Å². The van der Waals surface area contributed by atoms with Gasteiger partial charge in [-0.3, -0.25) is 4.79 Å². The van der Waals surface area contributed by atoms with Gasteiger partial charge in [0.25, 0.3) is 0 Å². The fourth-order valence-corrected chi connectivity index (χ4v) is 3.12. The molecule has 1 heterocycles. The number of halogens is 1. The molecular weight excluding hydrogens is 276 g/mol. The average Bonchev–Trinajstić information content (AvgIpc) is 2.91. The van der Waals surface area contributed by atoms with Crippen LogP contribution in [0.3, 0.4) is 0 Å². The Labute approximate surface area is 101 Å². The van der Waals surface area contributed by atoms with Crippen molar-refractivity contribution < 1.29 is 4.79 Å². The molecule has 1 aromatic rings. The number of thiophene rings is 1. The Balaban J connectivity index is 2.04. The molecule has 1 amide bonds. The lowest BCUT2D eigenvalue weighted by atomic mass is 10.2. The molecule has 0 bridgehead atoms. The summed E-state index contributed by atoms with van der Waals surface area (Å²) in [5.41, 5.74) is 5.39. The molecule has 1 aliphatic carbocycles. The van der Waals surface area contributed by atoms with E-state index in [9.17, 15) is 4.79 Å². The van der Waals surface area contributed by atoms with Crippen LogP contribution in [0.1, 0.15) is 23.8 Å². The minimum Gasteiger partial charge on any atom is -0.368 e. The van der Waals surface area contributed by atoms with Gasteiger partial charge < -0.3 is 11.1 Å². The minimum absolute atomic E-state index is 0.307. The summed E-state index contributed by atoms with van der Waals surface area (Å²) in [4.78, 5) is 12.3. The maximum atomic E-state index is 11.3. The number of hydrogen-bond acceptors (Lipinski definition) is 3. The molecule has 2 rings (SSSR count). The van der Waals surface area contributed by atoms with Gasteiger partial charge in [-0.2, -0.15) is 0 Å². The lowest BCUT2D eigenvalue weighted by Gasteiger charge is -2.14. The maximum Gasteiger partial charge on any atom is 0.240 e. The van der Waals surface area contributed by atoms with E-state index in [-0.39, 0.29) is 11.9 Å². The van der Waals surface area contributed by atoms with Crippen molar-refractivity contribution in [2.75, 3.05) is 6.54 Å². The number of rotatable bonds is 5. The molecule has 0 spiro atoms. The van der Waals surface area contributed by atoms with E-state index in [0.717, 1.165) is 21.8 Å². The van der Waals surface area contributed by atoms with Crippen LogP contribution in [-0.4, -0.2) is 12.5 Å². The third kappa shape index (κ3) is 2.80. The predicted molar refractivity (Wildman–Crippen MR) is 64.7 cm³/mol.